The zero-order chi connectivity index (χ0) is 13.6. The third kappa shape index (κ3) is 2.15. The van der Waals surface area contributed by atoms with Crippen molar-refractivity contribution in [3.05, 3.63) is 45.9 Å². The summed E-state index contributed by atoms with van der Waals surface area (Å²) in [6.45, 7) is 1.92. The van der Waals surface area contributed by atoms with E-state index >= 15 is 0 Å². The Bertz CT molecular complexity index is 780. The van der Waals surface area contributed by atoms with Crippen molar-refractivity contribution in [1.29, 1.82) is 0 Å². The Morgan fingerprint density at radius 2 is 1.95 bits per heavy atom. The summed E-state index contributed by atoms with van der Waals surface area (Å²) < 4.78 is 5.77. The fraction of sp³-hybridized carbons (Fsp3) is 0.0714. The molecule has 0 aliphatic heterocycles. The quantitative estimate of drug-likeness (QED) is 0.662. The highest BCUT2D eigenvalue weighted by molar-refractivity contribution is 6.35. The van der Waals surface area contributed by atoms with Gasteiger partial charge in [0.1, 0.15) is 5.52 Å². The summed E-state index contributed by atoms with van der Waals surface area (Å²) in [6.07, 6.45) is 0. The van der Waals surface area contributed by atoms with Crippen LogP contribution in [0.25, 0.3) is 22.6 Å². The lowest BCUT2D eigenvalue weighted by Gasteiger charge is -1.99. The fourth-order valence-electron chi connectivity index (χ4n) is 2.00. The number of benzene rings is 2. The van der Waals surface area contributed by atoms with Gasteiger partial charge in [-0.2, -0.15) is 0 Å². The maximum Gasteiger partial charge on any atom is 0.228 e. The van der Waals surface area contributed by atoms with E-state index in [0.29, 0.717) is 38.3 Å². The first-order chi connectivity index (χ1) is 9.04. The minimum absolute atomic E-state index is 0.441. The van der Waals surface area contributed by atoms with Crippen LogP contribution in [0.4, 0.5) is 5.69 Å². The minimum Gasteiger partial charge on any atom is -0.436 e. The molecule has 0 radical (unpaired) electrons. The molecule has 1 aromatic heterocycles. The highest BCUT2D eigenvalue weighted by atomic mass is 35.5. The summed E-state index contributed by atoms with van der Waals surface area (Å²) in [5, 5.41) is 1.12. The van der Waals surface area contributed by atoms with Crippen molar-refractivity contribution >= 4 is 40.0 Å². The number of hydrogen-bond acceptors (Lipinski definition) is 3. The molecule has 0 spiro atoms. The Morgan fingerprint density at radius 3 is 2.74 bits per heavy atom. The number of nitrogens with zero attached hydrogens (tertiary/aromatic N) is 1. The molecule has 0 saturated heterocycles. The van der Waals surface area contributed by atoms with Gasteiger partial charge in [-0.1, -0.05) is 23.2 Å². The molecule has 96 valence electrons. The van der Waals surface area contributed by atoms with Crippen molar-refractivity contribution in [3.8, 4) is 11.5 Å². The number of aromatic nitrogens is 1. The summed E-state index contributed by atoms with van der Waals surface area (Å²) in [7, 11) is 0. The summed E-state index contributed by atoms with van der Waals surface area (Å²) in [6, 6.07) is 8.78. The number of nitrogens with two attached hydrogens (primary N) is 1. The van der Waals surface area contributed by atoms with Crippen LogP contribution in [0.5, 0.6) is 0 Å². The molecule has 1 heterocycles. The maximum absolute atomic E-state index is 6.15. The number of hydrogen-bond donors (Lipinski definition) is 1. The van der Waals surface area contributed by atoms with E-state index in [4.69, 9.17) is 33.4 Å². The highest BCUT2D eigenvalue weighted by Crippen LogP contribution is 2.33. The Labute approximate surface area is 119 Å². The van der Waals surface area contributed by atoms with Crippen LogP contribution in [-0.2, 0) is 0 Å². The summed E-state index contributed by atoms with van der Waals surface area (Å²) in [5.74, 6) is 0.441. The van der Waals surface area contributed by atoms with Crippen molar-refractivity contribution in [3.63, 3.8) is 0 Å². The van der Waals surface area contributed by atoms with Gasteiger partial charge in [-0.3, -0.25) is 0 Å². The lowest BCUT2D eigenvalue weighted by atomic mass is 10.2. The smallest absolute Gasteiger partial charge is 0.228 e. The molecule has 0 aliphatic rings. The van der Waals surface area contributed by atoms with Gasteiger partial charge in [0, 0.05) is 10.7 Å². The van der Waals surface area contributed by atoms with Crippen molar-refractivity contribution < 1.29 is 4.42 Å². The van der Waals surface area contributed by atoms with E-state index in [9.17, 15) is 0 Å². The summed E-state index contributed by atoms with van der Waals surface area (Å²) in [5.41, 5.74) is 9.48. The molecular formula is C14H10Cl2N2O. The molecular weight excluding hydrogens is 283 g/mol. The number of oxazole rings is 1. The second-order valence-corrected chi connectivity index (χ2v) is 5.17. The van der Waals surface area contributed by atoms with Gasteiger partial charge in [-0.25, -0.2) is 4.98 Å². The van der Waals surface area contributed by atoms with Gasteiger partial charge in [0.2, 0.25) is 5.89 Å². The van der Waals surface area contributed by atoms with Crippen LogP contribution in [0.3, 0.4) is 0 Å². The molecule has 2 N–H and O–H groups in total. The highest BCUT2D eigenvalue weighted by Gasteiger charge is 2.14. The number of nitrogen functional groups attached to an aromatic ring is 1. The molecule has 0 amide bonds. The van der Waals surface area contributed by atoms with Crippen molar-refractivity contribution in [2.75, 3.05) is 5.73 Å². The second-order valence-electron chi connectivity index (χ2n) is 4.33. The van der Waals surface area contributed by atoms with Gasteiger partial charge in [0.15, 0.2) is 5.58 Å². The van der Waals surface area contributed by atoms with Gasteiger partial charge in [-0.15, -0.1) is 0 Å². The van der Waals surface area contributed by atoms with Gasteiger partial charge >= 0.3 is 0 Å². The lowest BCUT2D eigenvalue weighted by Crippen LogP contribution is -1.85. The fourth-order valence-corrected chi connectivity index (χ4v) is 2.37. The lowest BCUT2D eigenvalue weighted by molar-refractivity contribution is 0.617. The monoisotopic (exact) mass is 292 g/mol. The third-order valence-electron chi connectivity index (χ3n) is 2.86. The van der Waals surface area contributed by atoms with Gasteiger partial charge < -0.3 is 10.2 Å². The Balaban J connectivity index is 2.26. The molecule has 0 fully saturated rings. The van der Waals surface area contributed by atoms with Gasteiger partial charge in [-0.05, 0) is 42.8 Å². The largest absolute Gasteiger partial charge is 0.436 e. The molecule has 5 heteroatoms. The normalized spacial score (nSPS) is 11.1. The number of aryl methyl sites for hydroxylation is 1. The second kappa shape index (κ2) is 4.44. The van der Waals surface area contributed by atoms with Crippen molar-refractivity contribution in [1.82, 2.24) is 4.98 Å². The molecule has 0 atom stereocenters. The van der Waals surface area contributed by atoms with E-state index in [2.05, 4.69) is 4.98 Å². The van der Waals surface area contributed by atoms with E-state index in [-0.39, 0.29) is 0 Å². The standard InChI is InChI=1S/C14H10Cl2N2O/c1-7-4-9(17)6-12-13(7)19-14(18-12)10-5-8(15)2-3-11(10)16/h2-6H,17H2,1H3. The van der Waals surface area contributed by atoms with Crippen LogP contribution in [0.1, 0.15) is 5.56 Å². The van der Waals surface area contributed by atoms with Crippen LogP contribution in [0, 0.1) is 6.92 Å². The maximum atomic E-state index is 6.15. The topological polar surface area (TPSA) is 52.0 Å². The van der Waals surface area contributed by atoms with Crippen molar-refractivity contribution in [2.24, 2.45) is 0 Å². The van der Waals surface area contributed by atoms with E-state index in [1.165, 1.54) is 0 Å². The molecule has 0 unspecified atom stereocenters. The van der Waals surface area contributed by atoms with Crippen molar-refractivity contribution in [2.45, 2.75) is 6.92 Å². The van der Waals surface area contributed by atoms with E-state index < -0.39 is 0 Å². The van der Waals surface area contributed by atoms with Gasteiger partial charge in [0.25, 0.3) is 0 Å². The van der Waals surface area contributed by atoms with Crippen LogP contribution < -0.4 is 5.73 Å². The van der Waals surface area contributed by atoms with E-state index in [1.807, 2.05) is 13.0 Å². The molecule has 19 heavy (non-hydrogen) atoms. The molecule has 3 rings (SSSR count). The van der Waals surface area contributed by atoms with Crippen LogP contribution in [0.15, 0.2) is 34.7 Å². The summed E-state index contributed by atoms with van der Waals surface area (Å²) >= 11 is 12.1. The van der Waals surface area contributed by atoms with E-state index in [0.717, 1.165) is 5.56 Å². The molecule has 0 bridgehead atoms. The predicted octanol–water partition coefficient (Wildman–Crippen LogP) is 4.69. The SMILES string of the molecule is Cc1cc(N)cc2nc(-c3cc(Cl)ccc3Cl)oc12. The molecule has 2 aromatic carbocycles. The average molecular weight is 293 g/mol. The Kier molecular flexibility index (Phi) is 2.88. The minimum atomic E-state index is 0.441. The van der Waals surface area contributed by atoms with Gasteiger partial charge in [0.05, 0.1) is 10.6 Å². The molecule has 3 aromatic rings. The predicted molar refractivity (Wildman–Crippen MR) is 78.6 cm³/mol. The molecule has 3 nitrogen and oxygen atoms in total. The Morgan fingerprint density at radius 1 is 1.16 bits per heavy atom. The number of anilines is 1. The van der Waals surface area contributed by atoms with E-state index in [1.54, 1.807) is 24.3 Å². The number of rotatable bonds is 1. The zero-order valence-corrected chi connectivity index (χ0v) is 11.6. The third-order valence-corrected chi connectivity index (χ3v) is 3.42. The first kappa shape index (κ1) is 12.3. The molecule has 0 saturated carbocycles. The number of halogens is 2. The Hall–Kier alpha value is -1.71. The van der Waals surface area contributed by atoms with Crippen LogP contribution >= 0.6 is 23.2 Å². The average Bonchev–Trinajstić information content (AvgIpc) is 2.76. The number of fused-ring (bicyclic) bond motifs is 1. The van der Waals surface area contributed by atoms with Crippen LogP contribution in [0.2, 0.25) is 10.0 Å². The zero-order valence-electron chi connectivity index (χ0n) is 10.1. The molecule has 0 aliphatic carbocycles. The first-order valence-electron chi connectivity index (χ1n) is 5.66. The summed E-state index contributed by atoms with van der Waals surface area (Å²) in [4.78, 5) is 4.42. The first-order valence-corrected chi connectivity index (χ1v) is 6.42. The van der Waals surface area contributed by atoms with Crippen LogP contribution in [-0.4, -0.2) is 4.98 Å².